The summed E-state index contributed by atoms with van der Waals surface area (Å²) in [7, 11) is 0. The summed E-state index contributed by atoms with van der Waals surface area (Å²) in [5.74, 6) is 2.61. The van der Waals surface area contributed by atoms with E-state index in [1.54, 1.807) is 6.07 Å². The molecule has 170 valence electrons. The van der Waals surface area contributed by atoms with E-state index < -0.39 is 0 Å². The van der Waals surface area contributed by atoms with Crippen molar-refractivity contribution in [3.8, 4) is 0 Å². The second-order valence-corrected chi connectivity index (χ2v) is 9.04. The predicted molar refractivity (Wildman–Crippen MR) is 124 cm³/mol. The second-order valence-electron chi connectivity index (χ2n) is 9.04. The fraction of sp³-hybridized carbons (Fsp3) is 0.435. The molecule has 1 aliphatic heterocycles. The zero-order chi connectivity index (χ0) is 22.4. The SMILES string of the molecule is O=C(Nc1ccc(=O)[nH]c1)[C@H]1CCCN1c1nc2c(c(Nc3cc(C4CC4)[nH]n3)n1)CCC2. The highest BCUT2D eigenvalue weighted by Crippen LogP contribution is 2.40. The molecule has 3 aliphatic rings. The first-order valence-electron chi connectivity index (χ1n) is 11.6. The van der Waals surface area contributed by atoms with Crippen LogP contribution in [0, 0.1) is 0 Å². The van der Waals surface area contributed by atoms with Crippen LogP contribution >= 0.6 is 0 Å². The van der Waals surface area contributed by atoms with Crippen molar-refractivity contribution < 1.29 is 4.79 Å². The maximum absolute atomic E-state index is 13.0. The Balaban J connectivity index is 1.26. The van der Waals surface area contributed by atoms with E-state index in [2.05, 4.69) is 31.9 Å². The Kier molecular flexibility index (Phi) is 4.85. The molecule has 0 radical (unpaired) electrons. The lowest BCUT2D eigenvalue weighted by atomic mass is 10.2. The third-order valence-corrected chi connectivity index (χ3v) is 6.65. The molecule has 33 heavy (non-hydrogen) atoms. The molecule has 0 unspecified atom stereocenters. The molecule has 3 aromatic heterocycles. The van der Waals surface area contributed by atoms with Gasteiger partial charge in [-0.3, -0.25) is 14.7 Å². The Hall–Kier alpha value is -3.69. The molecule has 10 heteroatoms. The lowest BCUT2D eigenvalue weighted by molar-refractivity contribution is -0.117. The van der Waals surface area contributed by atoms with Crippen LogP contribution < -0.4 is 21.1 Å². The molecule has 1 saturated heterocycles. The molecule has 0 aromatic carbocycles. The molecule has 1 atom stereocenters. The highest BCUT2D eigenvalue weighted by molar-refractivity contribution is 5.96. The van der Waals surface area contributed by atoms with Crippen LogP contribution in [0.4, 0.5) is 23.3 Å². The number of H-pyrrole nitrogens is 2. The van der Waals surface area contributed by atoms with E-state index in [1.165, 1.54) is 30.8 Å². The number of hydrogen-bond donors (Lipinski definition) is 4. The Morgan fingerprint density at radius 3 is 2.85 bits per heavy atom. The number of pyridine rings is 1. The second kappa shape index (κ2) is 8.02. The fourth-order valence-electron chi connectivity index (χ4n) is 4.77. The number of anilines is 4. The molecule has 10 nitrogen and oxygen atoms in total. The van der Waals surface area contributed by atoms with Crippen LogP contribution in [0.3, 0.4) is 0 Å². The van der Waals surface area contributed by atoms with Crippen LogP contribution in [0.25, 0.3) is 0 Å². The van der Waals surface area contributed by atoms with Crippen molar-refractivity contribution in [3.63, 3.8) is 0 Å². The molecule has 4 N–H and O–H groups in total. The summed E-state index contributed by atoms with van der Waals surface area (Å²) in [6.07, 6.45) is 8.45. The number of nitrogens with one attached hydrogen (secondary N) is 4. The average molecular weight is 447 g/mol. The first-order chi connectivity index (χ1) is 16.1. The number of aromatic amines is 2. The van der Waals surface area contributed by atoms with Gasteiger partial charge in [0.2, 0.25) is 17.4 Å². The molecule has 6 rings (SSSR count). The molecular weight excluding hydrogens is 420 g/mol. The zero-order valence-corrected chi connectivity index (χ0v) is 18.2. The van der Waals surface area contributed by atoms with Crippen molar-refractivity contribution in [3.05, 3.63) is 51.7 Å². The van der Waals surface area contributed by atoms with E-state index in [0.717, 1.165) is 61.5 Å². The van der Waals surface area contributed by atoms with Crippen LogP contribution in [-0.4, -0.2) is 43.6 Å². The fourth-order valence-corrected chi connectivity index (χ4v) is 4.77. The normalized spacial score (nSPS) is 19.5. The third kappa shape index (κ3) is 3.96. The number of hydrogen-bond acceptors (Lipinski definition) is 7. The lowest BCUT2D eigenvalue weighted by Gasteiger charge is -2.25. The van der Waals surface area contributed by atoms with Gasteiger partial charge < -0.3 is 20.5 Å². The monoisotopic (exact) mass is 446 g/mol. The number of carbonyl (C=O) groups excluding carboxylic acids is 1. The number of carbonyl (C=O) groups is 1. The summed E-state index contributed by atoms with van der Waals surface area (Å²) in [5, 5.41) is 13.9. The molecule has 1 amide bonds. The van der Waals surface area contributed by atoms with Gasteiger partial charge in [0, 0.05) is 42.0 Å². The molecule has 1 saturated carbocycles. The highest BCUT2D eigenvalue weighted by atomic mass is 16.2. The number of aryl methyl sites for hydroxylation is 1. The summed E-state index contributed by atoms with van der Waals surface area (Å²) in [5.41, 5.74) is 3.72. The zero-order valence-electron chi connectivity index (χ0n) is 18.2. The minimum absolute atomic E-state index is 0.125. The number of aromatic nitrogens is 5. The molecule has 2 aliphatic carbocycles. The van der Waals surface area contributed by atoms with E-state index >= 15 is 0 Å². The van der Waals surface area contributed by atoms with Crippen molar-refractivity contribution in [2.75, 3.05) is 22.1 Å². The van der Waals surface area contributed by atoms with Crippen LogP contribution in [0.1, 0.15) is 55.0 Å². The summed E-state index contributed by atoms with van der Waals surface area (Å²) >= 11 is 0. The van der Waals surface area contributed by atoms with E-state index in [4.69, 9.17) is 9.97 Å². The van der Waals surface area contributed by atoms with Crippen molar-refractivity contribution in [1.82, 2.24) is 25.1 Å². The Morgan fingerprint density at radius 2 is 2.03 bits per heavy atom. The van der Waals surface area contributed by atoms with Crippen LogP contribution in [-0.2, 0) is 17.6 Å². The van der Waals surface area contributed by atoms with Crippen LogP contribution in [0.15, 0.2) is 29.2 Å². The highest BCUT2D eigenvalue weighted by Gasteiger charge is 2.34. The Labute approximate surface area is 190 Å². The lowest BCUT2D eigenvalue weighted by Crippen LogP contribution is -2.40. The Bertz CT molecular complexity index is 1240. The van der Waals surface area contributed by atoms with Gasteiger partial charge in [0.15, 0.2) is 5.82 Å². The van der Waals surface area contributed by atoms with E-state index in [9.17, 15) is 9.59 Å². The van der Waals surface area contributed by atoms with Crippen molar-refractivity contribution in [1.29, 1.82) is 0 Å². The molecule has 2 fully saturated rings. The number of rotatable bonds is 6. The van der Waals surface area contributed by atoms with Crippen LogP contribution in [0.2, 0.25) is 0 Å². The predicted octanol–water partition coefficient (Wildman–Crippen LogP) is 2.61. The summed E-state index contributed by atoms with van der Waals surface area (Å²) in [4.78, 5) is 38.6. The van der Waals surface area contributed by atoms with Gasteiger partial charge in [0.1, 0.15) is 11.9 Å². The minimum Gasteiger partial charge on any atom is -0.329 e. The van der Waals surface area contributed by atoms with Gasteiger partial charge in [-0.25, -0.2) is 4.98 Å². The summed E-state index contributed by atoms with van der Waals surface area (Å²) in [6, 6.07) is 4.70. The van der Waals surface area contributed by atoms with Crippen molar-refractivity contribution >= 4 is 29.2 Å². The largest absolute Gasteiger partial charge is 0.329 e. The first kappa shape index (κ1) is 20.0. The third-order valence-electron chi connectivity index (χ3n) is 6.65. The van der Waals surface area contributed by atoms with Gasteiger partial charge in [-0.05, 0) is 51.0 Å². The maximum Gasteiger partial charge on any atom is 0.248 e. The topological polar surface area (TPSA) is 132 Å². The van der Waals surface area contributed by atoms with E-state index in [1.807, 2.05) is 4.90 Å². The van der Waals surface area contributed by atoms with E-state index in [-0.39, 0.29) is 17.5 Å². The standard InChI is InChI=1S/C23H26N8O2/c32-20-9-8-14(12-24-20)25-22(33)18-5-2-10-31(18)23-26-16-4-1-3-15(16)21(28-23)27-19-11-17(29-30-19)13-6-7-13/h8-9,11-13,18H,1-7,10H2,(H,24,32)(H,25,33)(H2,26,27,28,29,30)/t18-/m1/s1. The van der Waals surface area contributed by atoms with Gasteiger partial charge in [-0.15, -0.1) is 0 Å². The average Bonchev–Trinajstić information content (AvgIpc) is 3.20. The number of fused-ring (bicyclic) bond motifs is 1. The van der Waals surface area contributed by atoms with Crippen LogP contribution in [0.5, 0.6) is 0 Å². The number of amides is 1. The summed E-state index contributed by atoms with van der Waals surface area (Å²) < 4.78 is 0. The number of nitrogens with zero attached hydrogens (tertiary/aromatic N) is 4. The molecule has 0 spiro atoms. The van der Waals surface area contributed by atoms with Gasteiger partial charge in [-0.1, -0.05) is 0 Å². The molecule has 4 heterocycles. The molecular formula is C23H26N8O2. The van der Waals surface area contributed by atoms with Crippen molar-refractivity contribution in [2.24, 2.45) is 0 Å². The first-order valence-corrected chi connectivity index (χ1v) is 11.6. The Morgan fingerprint density at radius 1 is 1.12 bits per heavy atom. The van der Waals surface area contributed by atoms with Gasteiger partial charge in [0.25, 0.3) is 0 Å². The van der Waals surface area contributed by atoms with Gasteiger partial charge >= 0.3 is 0 Å². The van der Waals surface area contributed by atoms with Gasteiger partial charge in [-0.2, -0.15) is 10.1 Å². The summed E-state index contributed by atoms with van der Waals surface area (Å²) in [6.45, 7) is 0.718. The van der Waals surface area contributed by atoms with E-state index in [0.29, 0.717) is 17.6 Å². The quantitative estimate of drug-likeness (QED) is 0.458. The van der Waals surface area contributed by atoms with Gasteiger partial charge in [0.05, 0.1) is 11.4 Å². The molecule has 0 bridgehead atoms. The smallest absolute Gasteiger partial charge is 0.248 e. The minimum atomic E-state index is -0.365. The van der Waals surface area contributed by atoms with Crippen molar-refractivity contribution in [2.45, 2.75) is 56.9 Å². The molecule has 3 aromatic rings. The maximum atomic E-state index is 13.0.